The number of aliphatic hydroxyl groups is 3. The molecule has 0 aromatic heterocycles. The number of aliphatic hydroxyl groups excluding tert-OH is 2. The van der Waals surface area contributed by atoms with Gasteiger partial charge in [0.1, 0.15) is 5.60 Å². The minimum atomic E-state index is -1.87. The molecule has 0 radical (unpaired) electrons. The van der Waals surface area contributed by atoms with Crippen molar-refractivity contribution < 1.29 is 20.1 Å². The summed E-state index contributed by atoms with van der Waals surface area (Å²) in [6.07, 6.45) is -1.69. The molecule has 0 aliphatic heterocycles. The van der Waals surface area contributed by atoms with Crippen molar-refractivity contribution in [3.63, 3.8) is 0 Å². The standard InChI is InChI=1S/C28H26O4/c29-21-27(22-13-5-1-6-14-22,23-15-7-2-8-16-23)32-26(30)28(31,24-17-9-3-10-18-24)25-19-11-4-12-20-25/h1-20,26,29-31H,21H2. The fraction of sp³-hybridized carbons (Fsp3) is 0.143. The summed E-state index contributed by atoms with van der Waals surface area (Å²) in [5.41, 5.74) is -0.975. The van der Waals surface area contributed by atoms with Crippen molar-refractivity contribution in [3.8, 4) is 0 Å². The predicted octanol–water partition coefficient (Wildman–Crippen LogP) is 4.19. The van der Waals surface area contributed by atoms with Crippen molar-refractivity contribution in [3.05, 3.63) is 144 Å². The van der Waals surface area contributed by atoms with E-state index in [0.717, 1.165) is 0 Å². The molecule has 0 saturated heterocycles. The third kappa shape index (κ3) is 3.97. The Bertz CT molecular complexity index is 1020. The van der Waals surface area contributed by atoms with Gasteiger partial charge in [0.25, 0.3) is 0 Å². The molecule has 3 N–H and O–H groups in total. The Kier molecular flexibility index (Phi) is 6.49. The Morgan fingerprint density at radius 3 is 1.19 bits per heavy atom. The van der Waals surface area contributed by atoms with Crippen molar-refractivity contribution in [2.75, 3.05) is 6.61 Å². The van der Waals surface area contributed by atoms with Crippen LogP contribution >= 0.6 is 0 Å². The van der Waals surface area contributed by atoms with E-state index in [0.29, 0.717) is 22.3 Å². The summed E-state index contributed by atoms with van der Waals surface area (Å²) in [5.74, 6) is 0. The largest absolute Gasteiger partial charge is 0.393 e. The first-order valence-corrected chi connectivity index (χ1v) is 10.5. The van der Waals surface area contributed by atoms with Crippen LogP contribution in [0.5, 0.6) is 0 Å². The first kappa shape index (κ1) is 21.9. The van der Waals surface area contributed by atoms with E-state index >= 15 is 0 Å². The smallest absolute Gasteiger partial charge is 0.194 e. The quantitative estimate of drug-likeness (QED) is 0.370. The van der Waals surface area contributed by atoms with Crippen LogP contribution < -0.4 is 0 Å². The molecule has 0 aliphatic rings. The van der Waals surface area contributed by atoms with Gasteiger partial charge in [0.05, 0.1) is 6.61 Å². The van der Waals surface area contributed by atoms with Gasteiger partial charge in [0.2, 0.25) is 0 Å². The lowest BCUT2D eigenvalue weighted by Crippen LogP contribution is -2.49. The van der Waals surface area contributed by atoms with Gasteiger partial charge in [-0.2, -0.15) is 0 Å². The number of rotatable bonds is 8. The molecule has 1 unspecified atom stereocenters. The lowest BCUT2D eigenvalue weighted by Gasteiger charge is -2.41. The third-order valence-electron chi connectivity index (χ3n) is 5.80. The summed E-state index contributed by atoms with van der Waals surface area (Å²) in [7, 11) is 0. The molecule has 4 rings (SSSR count). The second kappa shape index (κ2) is 9.47. The number of hydrogen-bond donors (Lipinski definition) is 3. The molecule has 162 valence electrons. The van der Waals surface area contributed by atoms with Crippen LogP contribution in [0.2, 0.25) is 0 Å². The maximum Gasteiger partial charge on any atom is 0.194 e. The van der Waals surface area contributed by atoms with Crippen molar-refractivity contribution >= 4 is 0 Å². The topological polar surface area (TPSA) is 69.9 Å². The summed E-state index contributed by atoms with van der Waals surface area (Å²) in [4.78, 5) is 0. The lowest BCUT2D eigenvalue weighted by molar-refractivity contribution is -0.254. The minimum absolute atomic E-state index is 0.433. The normalized spacial score (nSPS) is 13.0. The van der Waals surface area contributed by atoms with E-state index in [1.165, 1.54) is 0 Å². The van der Waals surface area contributed by atoms with Gasteiger partial charge in [-0.3, -0.25) is 0 Å². The van der Waals surface area contributed by atoms with Crippen LogP contribution in [-0.4, -0.2) is 28.2 Å². The van der Waals surface area contributed by atoms with Gasteiger partial charge in [-0.15, -0.1) is 0 Å². The summed E-state index contributed by atoms with van der Waals surface area (Å²) in [6.45, 7) is -0.433. The van der Waals surface area contributed by atoms with Crippen molar-refractivity contribution in [2.24, 2.45) is 0 Å². The van der Waals surface area contributed by atoms with Gasteiger partial charge in [0, 0.05) is 0 Å². The van der Waals surface area contributed by atoms with Crippen LogP contribution in [0.1, 0.15) is 22.3 Å². The Morgan fingerprint density at radius 2 is 0.875 bits per heavy atom. The molecule has 0 aliphatic carbocycles. The molecular weight excluding hydrogens is 400 g/mol. The van der Waals surface area contributed by atoms with Gasteiger partial charge in [0.15, 0.2) is 11.9 Å². The molecule has 4 heteroatoms. The van der Waals surface area contributed by atoms with Gasteiger partial charge < -0.3 is 20.1 Å². The summed E-state index contributed by atoms with van der Waals surface area (Å²) >= 11 is 0. The first-order valence-electron chi connectivity index (χ1n) is 10.5. The minimum Gasteiger partial charge on any atom is -0.393 e. The van der Waals surface area contributed by atoms with Crippen LogP contribution in [0, 0.1) is 0 Å². The second-order valence-corrected chi connectivity index (χ2v) is 7.69. The number of ether oxygens (including phenoxy) is 1. The Labute approximate surface area is 188 Å². The summed E-state index contributed by atoms with van der Waals surface area (Å²) < 4.78 is 6.29. The van der Waals surface area contributed by atoms with Crippen LogP contribution in [0.15, 0.2) is 121 Å². The van der Waals surface area contributed by atoms with Gasteiger partial charge in [-0.1, -0.05) is 121 Å². The zero-order valence-corrected chi connectivity index (χ0v) is 17.6. The zero-order valence-electron chi connectivity index (χ0n) is 17.6. The molecule has 0 spiro atoms. The zero-order chi connectivity index (χ0) is 22.4. The van der Waals surface area contributed by atoms with Crippen LogP contribution in [0.3, 0.4) is 0 Å². The van der Waals surface area contributed by atoms with Gasteiger partial charge in [-0.05, 0) is 22.3 Å². The summed E-state index contributed by atoms with van der Waals surface area (Å²) in [5, 5.41) is 34.0. The molecule has 0 fully saturated rings. The molecule has 0 bridgehead atoms. The highest BCUT2D eigenvalue weighted by Crippen LogP contribution is 2.40. The first-order chi connectivity index (χ1) is 15.6. The maximum absolute atomic E-state index is 11.9. The molecular formula is C28H26O4. The molecule has 4 aromatic carbocycles. The van der Waals surface area contributed by atoms with E-state index in [4.69, 9.17) is 4.74 Å². The molecule has 4 nitrogen and oxygen atoms in total. The SMILES string of the molecule is OCC(OC(O)C(O)(c1ccccc1)c1ccccc1)(c1ccccc1)c1ccccc1. The Morgan fingerprint density at radius 1 is 0.562 bits per heavy atom. The molecule has 1 atom stereocenters. The van der Waals surface area contributed by atoms with Crippen LogP contribution in [-0.2, 0) is 15.9 Å². The average Bonchev–Trinajstić information content (AvgIpc) is 2.88. The monoisotopic (exact) mass is 426 g/mol. The van der Waals surface area contributed by atoms with Crippen molar-refractivity contribution in [1.82, 2.24) is 0 Å². The van der Waals surface area contributed by atoms with E-state index < -0.39 is 24.1 Å². The fourth-order valence-electron chi connectivity index (χ4n) is 4.05. The lowest BCUT2D eigenvalue weighted by atomic mass is 9.83. The Balaban J connectivity index is 1.86. The Hall–Kier alpha value is -3.28. The van der Waals surface area contributed by atoms with Gasteiger partial charge in [-0.25, -0.2) is 0 Å². The van der Waals surface area contributed by atoms with Crippen molar-refractivity contribution in [2.45, 2.75) is 17.5 Å². The molecule has 0 saturated carbocycles. The van der Waals surface area contributed by atoms with E-state index in [1.807, 2.05) is 72.8 Å². The highest BCUT2D eigenvalue weighted by Gasteiger charge is 2.46. The van der Waals surface area contributed by atoms with Gasteiger partial charge >= 0.3 is 0 Å². The van der Waals surface area contributed by atoms with Crippen molar-refractivity contribution in [1.29, 1.82) is 0 Å². The number of benzene rings is 4. The van der Waals surface area contributed by atoms with E-state index in [9.17, 15) is 15.3 Å². The van der Waals surface area contributed by atoms with E-state index in [1.54, 1.807) is 48.5 Å². The molecule has 0 amide bonds. The molecule has 0 heterocycles. The van der Waals surface area contributed by atoms with Crippen LogP contribution in [0.25, 0.3) is 0 Å². The number of hydrogen-bond acceptors (Lipinski definition) is 4. The third-order valence-corrected chi connectivity index (χ3v) is 5.80. The maximum atomic E-state index is 11.9. The molecule has 4 aromatic rings. The summed E-state index contributed by atoms with van der Waals surface area (Å²) in [6, 6.07) is 36.3. The fourth-order valence-corrected chi connectivity index (χ4v) is 4.05. The highest BCUT2D eigenvalue weighted by atomic mass is 16.6. The second-order valence-electron chi connectivity index (χ2n) is 7.69. The van der Waals surface area contributed by atoms with E-state index in [2.05, 4.69) is 0 Å². The molecule has 32 heavy (non-hydrogen) atoms. The highest BCUT2D eigenvalue weighted by molar-refractivity contribution is 5.39. The average molecular weight is 427 g/mol. The van der Waals surface area contributed by atoms with Crippen LogP contribution in [0.4, 0.5) is 0 Å². The predicted molar refractivity (Wildman–Crippen MR) is 124 cm³/mol. The van der Waals surface area contributed by atoms with E-state index in [-0.39, 0.29) is 0 Å².